The third-order valence-electron chi connectivity index (χ3n) is 2.01. The zero-order valence-electron chi connectivity index (χ0n) is 9.27. The standard InChI is InChI=1S/C9H10NO7P/c1-2-17-9(11)7-4-3-6(18(14,15)16)5-8(7)10(12)13/h3-5H,2H2,1H3,(H2,14,15,16). The minimum absolute atomic E-state index is 0.0379. The minimum atomic E-state index is -4.61. The van der Waals surface area contributed by atoms with Crippen LogP contribution in [-0.4, -0.2) is 27.3 Å². The van der Waals surface area contributed by atoms with Gasteiger partial charge in [0.2, 0.25) is 0 Å². The van der Waals surface area contributed by atoms with Gasteiger partial charge in [0.05, 0.1) is 16.8 Å². The fourth-order valence-electron chi connectivity index (χ4n) is 1.23. The molecule has 0 aliphatic rings. The molecule has 2 N–H and O–H groups in total. The number of nitro benzene ring substituents is 1. The van der Waals surface area contributed by atoms with Crippen LogP contribution in [0.25, 0.3) is 0 Å². The van der Waals surface area contributed by atoms with Gasteiger partial charge >= 0.3 is 13.6 Å². The van der Waals surface area contributed by atoms with Crippen molar-refractivity contribution in [1.29, 1.82) is 0 Å². The van der Waals surface area contributed by atoms with E-state index in [1.54, 1.807) is 0 Å². The van der Waals surface area contributed by atoms with Crippen LogP contribution in [0.3, 0.4) is 0 Å². The zero-order chi connectivity index (χ0) is 13.9. The van der Waals surface area contributed by atoms with Gasteiger partial charge in [0, 0.05) is 6.07 Å². The monoisotopic (exact) mass is 275 g/mol. The molecule has 0 heterocycles. The van der Waals surface area contributed by atoms with Gasteiger partial charge in [0.15, 0.2) is 0 Å². The molecule has 1 rings (SSSR count). The Kier molecular flexibility index (Phi) is 4.18. The van der Waals surface area contributed by atoms with E-state index < -0.39 is 29.5 Å². The van der Waals surface area contributed by atoms with Crippen LogP contribution in [0.1, 0.15) is 17.3 Å². The summed E-state index contributed by atoms with van der Waals surface area (Å²) in [5.41, 5.74) is -1.05. The summed E-state index contributed by atoms with van der Waals surface area (Å²) in [7, 11) is -4.61. The number of benzene rings is 1. The van der Waals surface area contributed by atoms with Gasteiger partial charge in [-0.15, -0.1) is 0 Å². The lowest BCUT2D eigenvalue weighted by atomic mass is 10.2. The van der Waals surface area contributed by atoms with E-state index in [1.807, 2.05) is 0 Å². The van der Waals surface area contributed by atoms with Crippen LogP contribution in [0.2, 0.25) is 0 Å². The first-order valence-electron chi connectivity index (χ1n) is 4.79. The van der Waals surface area contributed by atoms with Crippen molar-refractivity contribution in [3.05, 3.63) is 33.9 Å². The molecule has 9 heteroatoms. The Balaban J connectivity index is 3.34. The van der Waals surface area contributed by atoms with Crippen LogP contribution in [0.15, 0.2) is 18.2 Å². The van der Waals surface area contributed by atoms with Gasteiger partial charge < -0.3 is 14.5 Å². The van der Waals surface area contributed by atoms with Crippen LogP contribution < -0.4 is 5.30 Å². The number of ether oxygens (including phenoxy) is 1. The molecule has 0 unspecified atom stereocenters. The fourth-order valence-corrected chi connectivity index (χ4v) is 1.79. The summed E-state index contributed by atoms with van der Waals surface area (Å²) in [6.07, 6.45) is 0. The van der Waals surface area contributed by atoms with Crippen molar-refractivity contribution in [1.82, 2.24) is 0 Å². The molecule has 0 amide bonds. The molecule has 0 spiro atoms. The average Bonchev–Trinajstić information content (AvgIpc) is 2.27. The molecule has 0 radical (unpaired) electrons. The normalized spacial score (nSPS) is 11.1. The maximum absolute atomic E-state index is 11.4. The smallest absolute Gasteiger partial charge is 0.356 e. The van der Waals surface area contributed by atoms with Crippen molar-refractivity contribution in [2.75, 3.05) is 6.61 Å². The van der Waals surface area contributed by atoms with E-state index in [2.05, 4.69) is 4.74 Å². The van der Waals surface area contributed by atoms with Gasteiger partial charge in [-0.2, -0.15) is 0 Å². The Morgan fingerprint density at radius 2 is 2.11 bits per heavy atom. The van der Waals surface area contributed by atoms with Crippen LogP contribution >= 0.6 is 7.60 Å². The van der Waals surface area contributed by atoms with Crippen molar-refractivity contribution >= 4 is 24.6 Å². The molecule has 0 fully saturated rings. The molecular formula is C9H10NO7P. The number of nitrogens with zero attached hydrogens (tertiary/aromatic N) is 1. The highest BCUT2D eigenvalue weighted by Crippen LogP contribution is 2.35. The van der Waals surface area contributed by atoms with Gasteiger partial charge in [0.1, 0.15) is 5.56 Å². The molecule has 0 atom stereocenters. The summed E-state index contributed by atoms with van der Waals surface area (Å²) < 4.78 is 15.6. The van der Waals surface area contributed by atoms with E-state index in [9.17, 15) is 19.5 Å². The largest absolute Gasteiger partial charge is 0.462 e. The van der Waals surface area contributed by atoms with Crippen LogP contribution in [0.4, 0.5) is 5.69 Å². The van der Waals surface area contributed by atoms with Crippen molar-refractivity contribution in [2.24, 2.45) is 0 Å². The van der Waals surface area contributed by atoms with Gasteiger partial charge in [-0.05, 0) is 19.1 Å². The van der Waals surface area contributed by atoms with Crippen LogP contribution in [0, 0.1) is 10.1 Å². The Morgan fingerprint density at radius 1 is 1.50 bits per heavy atom. The Bertz CT molecular complexity index is 536. The number of carbonyl (C=O) groups is 1. The maximum atomic E-state index is 11.4. The quantitative estimate of drug-likeness (QED) is 0.356. The fraction of sp³-hybridized carbons (Fsp3) is 0.222. The highest BCUT2D eigenvalue weighted by Gasteiger charge is 2.26. The van der Waals surface area contributed by atoms with Gasteiger partial charge in [-0.3, -0.25) is 14.7 Å². The number of esters is 1. The first-order valence-corrected chi connectivity index (χ1v) is 6.40. The molecule has 0 bridgehead atoms. The lowest BCUT2D eigenvalue weighted by molar-refractivity contribution is -0.385. The number of hydrogen-bond donors (Lipinski definition) is 2. The number of hydrogen-bond acceptors (Lipinski definition) is 5. The van der Waals surface area contributed by atoms with E-state index in [4.69, 9.17) is 9.79 Å². The predicted octanol–water partition coefficient (Wildman–Crippen LogP) is 0.574. The summed E-state index contributed by atoms with van der Waals surface area (Å²) in [5, 5.41) is 10.2. The summed E-state index contributed by atoms with van der Waals surface area (Å²) in [4.78, 5) is 39.1. The predicted molar refractivity (Wildman–Crippen MR) is 60.7 cm³/mol. The number of rotatable bonds is 4. The Morgan fingerprint density at radius 3 is 2.56 bits per heavy atom. The molecule has 18 heavy (non-hydrogen) atoms. The molecule has 8 nitrogen and oxygen atoms in total. The van der Waals surface area contributed by atoms with E-state index >= 15 is 0 Å². The molecule has 0 saturated heterocycles. The van der Waals surface area contributed by atoms with E-state index in [0.717, 1.165) is 12.1 Å². The molecule has 1 aromatic carbocycles. The summed E-state index contributed by atoms with van der Waals surface area (Å²) in [5.74, 6) is -0.915. The average molecular weight is 275 g/mol. The molecule has 0 aromatic heterocycles. The Hall–Kier alpha value is -1.76. The van der Waals surface area contributed by atoms with Crippen molar-refractivity contribution in [3.8, 4) is 0 Å². The van der Waals surface area contributed by atoms with Gasteiger partial charge in [0.25, 0.3) is 5.69 Å². The van der Waals surface area contributed by atoms with E-state index in [1.165, 1.54) is 6.92 Å². The summed E-state index contributed by atoms with van der Waals surface area (Å²) >= 11 is 0. The second-order valence-corrected chi connectivity index (χ2v) is 4.83. The summed E-state index contributed by atoms with van der Waals surface area (Å²) in [6, 6.07) is 2.59. The van der Waals surface area contributed by atoms with Gasteiger partial charge in [-0.25, -0.2) is 4.79 Å². The third kappa shape index (κ3) is 3.13. The lowest BCUT2D eigenvalue weighted by Crippen LogP contribution is -2.12. The van der Waals surface area contributed by atoms with Crippen molar-refractivity contribution < 1.29 is 28.8 Å². The van der Waals surface area contributed by atoms with E-state index in [-0.39, 0.29) is 12.2 Å². The van der Waals surface area contributed by atoms with E-state index in [0.29, 0.717) is 6.07 Å². The molecule has 0 aliphatic heterocycles. The Labute approximate surface area is 102 Å². The highest BCUT2D eigenvalue weighted by atomic mass is 31.2. The molecule has 0 saturated carbocycles. The second kappa shape index (κ2) is 5.26. The first kappa shape index (κ1) is 14.3. The molecule has 1 aromatic rings. The van der Waals surface area contributed by atoms with Crippen molar-refractivity contribution in [2.45, 2.75) is 6.92 Å². The third-order valence-corrected chi connectivity index (χ3v) is 2.96. The molecule has 0 aliphatic carbocycles. The molecule has 98 valence electrons. The van der Waals surface area contributed by atoms with Crippen molar-refractivity contribution in [3.63, 3.8) is 0 Å². The lowest BCUT2D eigenvalue weighted by Gasteiger charge is -2.06. The number of nitro groups is 1. The maximum Gasteiger partial charge on any atom is 0.356 e. The number of carbonyl (C=O) groups excluding carboxylic acids is 1. The highest BCUT2D eigenvalue weighted by molar-refractivity contribution is 7.60. The van der Waals surface area contributed by atoms with Gasteiger partial charge in [-0.1, -0.05) is 0 Å². The topological polar surface area (TPSA) is 127 Å². The summed E-state index contributed by atoms with van der Waals surface area (Å²) in [6.45, 7) is 1.57. The second-order valence-electron chi connectivity index (χ2n) is 3.22. The molecular weight excluding hydrogens is 265 g/mol. The van der Waals surface area contributed by atoms with Crippen LogP contribution in [-0.2, 0) is 9.30 Å². The minimum Gasteiger partial charge on any atom is -0.462 e. The van der Waals surface area contributed by atoms with Crippen LogP contribution in [0.5, 0.6) is 0 Å². The SMILES string of the molecule is CCOC(=O)c1ccc(P(=O)(O)O)cc1[N+](=O)[O-]. The first-order chi connectivity index (χ1) is 8.27. The zero-order valence-corrected chi connectivity index (χ0v) is 10.2.